The molecule has 0 heterocycles. The number of methoxy groups -OCH3 is 1. The summed E-state index contributed by atoms with van der Waals surface area (Å²) in [7, 11) is 1.58. The van der Waals surface area contributed by atoms with Gasteiger partial charge in [0, 0.05) is 17.3 Å². The highest BCUT2D eigenvalue weighted by Crippen LogP contribution is 2.32. The number of nitrogens with one attached hydrogen (secondary N) is 2. The molecule has 4 N–H and O–H groups in total. The van der Waals surface area contributed by atoms with E-state index >= 15 is 0 Å². The molecule has 2 aromatic carbocycles. The van der Waals surface area contributed by atoms with Crippen molar-refractivity contribution in [2.45, 2.75) is 13.3 Å². The minimum Gasteiger partial charge on any atom is -0.495 e. The number of ether oxygens (including phenoxy) is 1. The molecule has 0 aliphatic carbocycles. The van der Waals surface area contributed by atoms with Crippen LogP contribution in [0.4, 0.5) is 17.1 Å². The third kappa shape index (κ3) is 4.29. The average molecular weight is 334 g/mol. The van der Waals surface area contributed by atoms with Gasteiger partial charge in [-0.1, -0.05) is 18.5 Å². The maximum absolute atomic E-state index is 12.3. The number of carbonyl (C=O) groups excluding carboxylic acids is 1. The lowest BCUT2D eigenvalue weighted by atomic mass is 10.1. The fourth-order valence-electron chi connectivity index (χ4n) is 2.12. The first-order valence-corrected chi connectivity index (χ1v) is 7.71. The summed E-state index contributed by atoms with van der Waals surface area (Å²) in [6.07, 6.45) is 0.860. The fraction of sp³-hybridized carbons (Fsp3) is 0.235. The highest BCUT2D eigenvalue weighted by atomic mass is 35.5. The van der Waals surface area contributed by atoms with Gasteiger partial charge in [-0.3, -0.25) is 4.79 Å². The van der Waals surface area contributed by atoms with Crippen LogP contribution in [0.1, 0.15) is 23.7 Å². The Bertz CT molecular complexity index is 704. The van der Waals surface area contributed by atoms with Crippen LogP contribution >= 0.6 is 11.6 Å². The van der Waals surface area contributed by atoms with Crippen LogP contribution < -0.4 is 21.1 Å². The van der Waals surface area contributed by atoms with Crippen molar-refractivity contribution < 1.29 is 9.53 Å². The van der Waals surface area contributed by atoms with Gasteiger partial charge in [-0.15, -0.1) is 0 Å². The molecule has 0 atom stereocenters. The van der Waals surface area contributed by atoms with Crippen LogP contribution in [0.2, 0.25) is 5.02 Å². The molecule has 0 aliphatic rings. The number of nitrogens with two attached hydrogens (primary N) is 1. The minimum atomic E-state index is -0.178. The molecule has 0 bridgehead atoms. The normalized spacial score (nSPS) is 10.2. The predicted octanol–water partition coefficient (Wildman–Crippen LogP) is 3.81. The molecule has 0 fully saturated rings. The number of nitrogen functional groups attached to an aromatic ring is 1. The lowest BCUT2D eigenvalue weighted by Crippen LogP contribution is -2.25. The van der Waals surface area contributed by atoms with Crippen molar-refractivity contribution >= 4 is 34.6 Å². The number of halogens is 1. The van der Waals surface area contributed by atoms with Crippen molar-refractivity contribution in [3.63, 3.8) is 0 Å². The first-order chi connectivity index (χ1) is 11.0. The highest BCUT2D eigenvalue weighted by Gasteiger charge is 2.13. The monoisotopic (exact) mass is 333 g/mol. The zero-order chi connectivity index (χ0) is 16.8. The van der Waals surface area contributed by atoms with E-state index in [1.165, 1.54) is 0 Å². The van der Waals surface area contributed by atoms with E-state index in [9.17, 15) is 4.79 Å². The second-order valence-electron chi connectivity index (χ2n) is 5.03. The SMILES string of the molecule is CCCNC(=O)c1cc(N)ccc1Nc1cc(Cl)ccc1OC. The Labute approximate surface area is 140 Å². The Kier molecular flexibility index (Phi) is 5.71. The molecule has 0 saturated heterocycles. The number of anilines is 3. The van der Waals surface area contributed by atoms with Gasteiger partial charge in [0.05, 0.1) is 24.0 Å². The van der Waals surface area contributed by atoms with Crippen LogP contribution in [-0.2, 0) is 0 Å². The van der Waals surface area contributed by atoms with Crippen molar-refractivity contribution in [2.75, 3.05) is 24.7 Å². The highest BCUT2D eigenvalue weighted by molar-refractivity contribution is 6.31. The van der Waals surface area contributed by atoms with Crippen molar-refractivity contribution in [3.8, 4) is 5.75 Å². The first kappa shape index (κ1) is 17.0. The first-order valence-electron chi connectivity index (χ1n) is 7.33. The molecular formula is C17H20ClN3O2. The van der Waals surface area contributed by atoms with E-state index in [2.05, 4.69) is 10.6 Å². The van der Waals surface area contributed by atoms with E-state index in [0.717, 1.165) is 6.42 Å². The van der Waals surface area contributed by atoms with Gasteiger partial charge in [0.1, 0.15) is 5.75 Å². The topological polar surface area (TPSA) is 76.4 Å². The predicted molar refractivity (Wildman–Crippen MR) is 94.8 cm³/mol. The number of benzene rings is 2. The van der Waals surface area contributed by atoms with E-state index in [0.29, 0.717) is 39.9 Å². The van der Waals surface area contributed by atoms with Gasteiger partial charge in [-0.2, -0.15) is 0 Å². The van der Waals surface area contributed by atoms with E-state index in [1.807, 2.05) is 6.92 Å². The van der Waals surface area contributed by atoms with Gasteiger partial charge >= 0.3 is 0 Å². The quantitative estimate of drug-likeness (QED) is 0.702. The Balaban J connectivity index is 2.36. The summed E-state index contributed by atoms with van der Waals surface area (Å²) in [4.78, 5) is 12.3. The van der Waals surface area contributed by atoms with E-state index in [1.54, 1.807) is 43.5 Å². The van der Waals surface area contributed by atoms with E-state index in [4.69, 9.17) is 22.1 Å². The third-order valence-electron chi connectivity index (χ3n) is 3.25. The molecule has 5 nitrogen and oxygen atoms in total. The summed E-state index contributed by atoms with van der Waals surface area (Å²) in [5.74, 6) is 0.453. The fourth-order valence-corrected chi connectivity index (χ4v) is 2.29. The Morgan fingerprint density at radius 3 is 2.70 bits per heavy atom. The Morgan fingerprint density at radius 1 is 1.22 bits per heavy atom. The molecule has 0 radical (unpaired) electrons. The second kappa shape index (κ2) is 7.74. The molecular weight excluding hydrogens is 314 g/mol. The van der Waals surface area contributed by atoms with Crippen LogP contribution in [0.15, 0.2) is 36.4 Å². The van der Waals surface area contributed by atoms with Gasteiger partial charge in [-0.25, -0.2) is 0 Å². The maximum Gasteiger partial charge on any atom is 0.253 e. The van der Waals surface area contributed by atoms with E-state index < -0.39 is 0 Å². The van der Waals surface area contributed by atoms with Crippen LogP contribution in [0, 0.1) is 0 Å². The Morgan fingerprint density at radius 2 is 2.00 bits per heavy atom. The molecule has 0 saturated carbocycles. The largest absolute Gasteiger partial charge is 0.495 e. The summed E-state index contributed by atoms with van der Waals surface area (Å²) in [6, 6.07) is 10.4. The second-order valence-corrected chi connectivity index (χ2v) is 5.47. The molecule has 1 amide bonds. The van der Waals surface area contributed by atoms with Gasteiger partial charge < -0.3 is 21.1 Å². The molecule has 6 heteroatoms. The number of carbonyl (C=O) groups is 1. The molecule has 2 rings (SSSR count). The molecule has 0 aliphatic heterocycles. The lowest BCUT2D eigenvalue weighted by molar-refractivity contribution is 0.0954. The van der Waals surface area contributed by atoms with Gasteiger partial charge in [-0.05, 0) is 42.8 Å². The molecule has 122 valence electrons. The molecule has 0 aromatic heterocycles. The number of rotatable bonds is 6. The van der Waals surface area contributed by atoms with E-state index in [-0.39, 0.29) is 5.91 Å². The summed E-state index contributed by atoms with van der Waals surface area (Å²) in [5.41, 5.74) is 8.12. The lowest BCUT2D eigenvalue weighted by Gasteiger charge is -2.15. The van der Waals surface area contributed by atoms with Crippen molar-refractivity contribution in [1.29, 1.82) is 0 Å². The number of amides is 1. The van der Waals surface area contributed by atoms with Crippen LogP contribution in [0.5, 0.6) is 5.75 Å². The molecule has 2 aromatic rings. The van der Waals surface area contributed by atoms with Crippen LogP contribution in [0.3, 0.4) is 0 Å². The van der Waals surface area contributed by atoms with Gasteiger partial charge in [0.2, 0.25) is 0 Å². The summed E-state index contributed by atoms with van der Waals surface area (Å²) in [5, 5.41) is 6.61. The smallest absolute Gasteiger partial charge is 0.253 e. The zero-order valence-corrected chi connectivity index (χ0v) is 13.9. The summed E-state index contributed by atoms with van der Waals surface area (Å²) in [6.45, 7) is 2.60. The Hall–Kier alpha value is -2.40. The van der Waals surface area contributed by atoms with Crippen molar-refractivity contribution in [2.24, 2.45) is 0 Å². The van der Waals surface area contributed by atoms with Gasteiger partial charge in [0.15, 0.2) is 0 Å². The standard InChI is InChI=1S/C17H20ClN3O2/c1-3-8-20-17(22)13-10-12(19)5-6-14(13)21-15-9-11(18)4-7-16(15)23-2/h4-7,9-10,21H,3,8,19H2,1-2H3,(H,20,22). The maximum atomic E-state index is 12.3. The van der Waals surface area contributed by atoms with Crippen LogP contribution in [0.25, 0.3) is 0 Å². The number of hydrogen-bond donors (Lipinski definition) is 3. The summed E-state index contributed by atoms with van der Waals surface area (Å²) >= 11 is 6.04. The van der Waals surface area contributed by atoms with Crippen LogP contribution in [-0.4, -0.2) is 19.6 Å². The third-order valence-corrected chi connectivity index (χ3v) is 3.49. The number of hydrogen-bond acceptors (Lipinski definition) is 4. The zero-order valence-electron chi connectivity index (χ0n) is 13.2. The van der Waals surface area contributed by atoms with Crippen molar-refractivity contribution in [3.05, 3.63) is 47.0 Å². The van der Waals surface area contributed by atoms with Crippen molar-refractivity contribution in [1.82, 2.24) is 5.32 Å². The molecule has 0 unspecified atom stereocenters. The minimum absolute atomic E-state index is 0.178. The average Bonchev–Trinajstić information content (AvgIpc) is 2.54. The summed E-state index contributed by atoms with van der Waals surface area (Å²) < 4.78 is 5.32. The molecule has 23 heavy (non-hydrogen) atoms. The van der Waals surface area contributed by atoms with Gasteiger partial charge in [0.25, 0.3) is 5.91 Å². The molecule has 0 spiro atoms.